The molecule has 0 spiro atoms. The maximum Gasteiger partial charge on any atom is 0.282 e. The number of carbonyl (C=O) groups excluding carboxylic acids is 1. The lowest BCUT2D eigenvalue weighted by Gasteiger charge is -2.07. The summed E-state index contributed by atoms with van der Waals surface area (Å²) in [7, 11) is 0. The van der Waals surface area contributed by atoms with Crippen LogP contribution in [-0.4, -0.2) is 25.7 Å². The average Bonchev–Trinajstić information content (AvgIpc) is 3.36. The molecule has 0 aliphatic carbocycles. The minimum Gasteiger partial charge on any atom is -0.467 e. The van der Waals surface area contributed by atoms with Crippen molar-refractivity contribution in [1.82, 2.24) is 19.7 Å². The van der Waals surface area contributed by atoms with Crippen LogP contribution in [0.25, 0.3) is 11.4 Å². The van der Waals surface area contributed by atoms with E-state index in [1.165, 1.54) is 10.7 Å². The fraction of sp³-hybridized carbons (Fsp3) is 0.0526. The number of carbonyl (C=O) groups is 1. The van der Waals surface area contributed by atoms with Gasteiger partial charge in [-0.15, -0.1) is 5.10 Å². The third-order valence-corrected chi connectivity index (χ3v) is 4.43. The highest BCUT2D eigenvalue weighted by atomic mass is 35.5. The largest absolute Gasteiger partial charge is 0.467 e. The molecule has 4 aromatic rings. The Balaban J connectivity index is 1.72. The van der Waals surface area contributed by atoms with Crippen molar-refractivity contribution in [2.24, 2.45) is 0 Å². The van der Waals surface area contributed by atoms with Gasteiger partial charge < -0.3 is 9.73 Å². The van der Waals surface area contributed by atoms with Crippen LogP contribution in [0.1, 0.15) is 16.1 Å². The summed E-state index contributed by atoms with van der Waals surface area (Å²) in [6.07, 6.45) is 4.84. The number of nitrogens with one attached hydrogen (secondary N) is 1. The zero-order valence-corrected chi connectivity index (χ0v) is 15.9. The van der Waals surface area contributed by atoms with E-state index in [0.717, 1.165) is 0 Å². The average molecular weight is 414 g/mol. The van der Waals surface area contributed by atoms with E-state index in [1.807, 2.05) is 12.1 Å². The minimum atomic E-state index is -0.439. The van der Waals surface area contributed by atoms with Crippen molar-refractivity contribution in [3.8, 4) is 11.4 Å². The lowest BCUT2D eigenvalue weighted by molar-refractivity contribution is 0.0947. The van der Waals surface area contributed by atoms with Crippen molar-refractivity contribution in [1.29, 1.82) is 0 Å². The Morgan fingerprint density at radius 3 is 2.79 bits per heavy atom. The molecule has 0 radical (unpaired) electrons. The Labute approximate surface area is 169 Å². The van der Waals surface area contributed by atoms with E-state index in [1.54, 1.807) is 42.9 Å². The summed E-state index contributed by atoms with van der Waals surface area (Å²) in [5.74, 6) is 0.862. The molecule has 4 rings (SSSR count). The molecular formula is C19H13Cl2N5O2. The molecule has 1 aromatic carbocycles. The van der Waals surface area contributed by atoms with Gasteiger partial charge in [0.25, 0.3) is 5.91 Å². The van der Waals surface area contributed by atoms with Crippen molar-refractivity contribution < 1.29 is 9.21 Å². The molecule has 0 unspecified atom stereocenters. The summed E-state index contributed by atoms with van der Waals surface area (Å²) in [6, 6.07) is 11.8. The number of benzene rings is 1. The summed E-state index contributed by atoms with van der Waals surface area (Å²) in [4.78, 5) is 21.6. The predicted molar refractivity (Wildman–Crippen MR) is 105 cm³/mol. The third kappa shape index (κ3) is 3.76. The molecule has 7 nitrogen and oxygen atoms in total. The number of furan rings is 1. The molecule has 0 saturated heterocycles. The second-order valence-corrected chi connectivity index (χ2v) is 6.62. The minimum absolute atomic E-state index is 0.230. The fourth-order valence-electron chi connectivity index (χ4n) is 2.54. The van der Waals surface area contributed by atoms with Crippen molar-refractivity contribution >= 4 is 35.1 Å². The molecule has 0 amide bonds. The first-order valence-electron chi connectivity index (χ1n) is 8.25. The lowest BCUT2D eigenvalue weighted by atomic mass is 10.2. The Bertz CT molecular complexity index is 1110. The van der Waals surface area contributed by atoms with Gasteiger partial charge in [0, 0.05) is 23.0 Å². The smallest absolute Gasteiger partial charge is 0.282 e. The lowest BCUT2D eigenvalue weighted by Crippen LogP contribution is -2.18. The van der Waals surface area contributed by atoms with E-state index in [0.29, 0.717) is 28.7 Å². The van der Waals surface area contributed by atoms with Crippen LogP contribution in [0.3, 0.4) is 0 Å². The molecule has 3 heterocycles. The van der Waals surface area contributed by atoms with Crippen LogP contribution in [0.5, 0.6) is 0 Å². The molecular weight excluding hydrogens is 401 g/mol. The predicted octanol–water partition coefficient (Wildman–Crippen LogP) is 4.54. The number of hydrogen-bond acceptors (Lipinski definition) is 6. The summed E-state index contributed by atoms with van der Waals surface area (Å²) in [5.41, 5.74) is 0.937. The first kappa shape index (κ1) is 18.2. The Morgan fingerprint density at radius 1 is 1.18 bits per heavy atom. The van der Waals surface area contributed by atoms with Gasteiger partial charge in [-0.3, -0.25) is 9.78 Å². The molecule has 140 valence electrons. The SMILES string of the molecule is O=C(c1ccc(Cl)cc1Cl)n1nc(-c2cccnc2)nc1NCc1ccco1. The molecule has 0 aliphatic rings. The highest BCUT2D eigenvalue weighted by Crippen LogP contribution is 2.24. The van der Waals surface area contributed by atoms with Gasteiger partial charge in [0.2, 0.25) is 5.95 Å². The van der Waals surface area contributed by atoms with Crippen LogP contribution in [0, 0.1) is 0 Å². The van der Waals surface area contributed by atoms with E-state index in [9.17, 15) is 4.79 Å². The number of nitrogens with zero attached hydrogens (tertiary/aromatic N) is 4. The van der Waals surface area contributed by atoms with E-state index >= 15 is 0 Å². The molecule has 3 aromatic heterocycles. The van der Waals surface area contributed by atoms with Crippen molar-refractivity contribution in [2.75, 3.05) is 5.32 Å². The molecule has 9 heteroatoms. The van der Waals surface area contributed by atoms with E-state index in [4.69, 9.17) is 27.6 Å². The number of aromatic nitrogens is 4. The number of hydrogen-bond donors (Lipinski definition) is 1. The first-order valence-corrected chi connectivity index (χ1v) is 9.01. The molecule has 0 bridgehead atoms. The molecule has 0 saturated carbocycles. The fourth-order valence-corrected chi connectivity index (χ4v) is 3.03. The summed E-state index contributed by atoms with van der Waals surface area (Å²) < 4.78 is 6.48. The van der Waals surface area contributed by atoms with Crippen molar-refractivity contribution in [2.45, 2.75) is 6.54 Å². The van der Waals surface area contributed by atoms with Gasteiger partial charge in [0.05, 0.1) is 23.4 Å². The molecule has 1 N–H and O–H groups in total. The van der Waals surface area contributed by atoms with Crippen LogP contribution in [0.15, 0.2) is 65.5 Å². The number of pyridine rings is 1. The standard InChI is InChI=1S/C19H13Cl2N5O2/c20-13-5-6-15(16(21)9-13)18(27)26-19(23-11-14-4-2-8-28-14)24-17(25-26)12-3-1-7-22-10-12/h1-10H,11H2,(H,23,24,25). The number of anilines is 1. The van der Waals surface area contributed by atoms with Gasteiger partial charge in [-0.25, -0.2) is 0 Å². The van der Waals surface area contributed by atoms with Crippen molar-refractivity contribution in [3.05, 3.63) is 82.5 Å². The van der Waals surface area contributed by atoms with Crippen LogP contribution in [0.4, 0.5) is 5.95 Å². The second kappa shape index (κ2) is 7.84. The number of rotatable bonds is 5. The monoisotopic (exact) mass is 413 g/mol. The van der Waals surface area contributed by atoms with E-state index in [-0.39, 0.29) is 16.5 Å². The Kier molecular flexibility index (Phi) is 5.10. The van der Waals surface area contributed by atoms with Crippen LogP contribution < -0.4 is 5.32 Å². The normalized spacial score (nSPS) is 10.8. The van der Waals surface area contributed by atoms with Crippen molar-refractivity contribution in [3.63, 3.8) is 0 Å². The highest BCUT2D eigenvalue weighted by Gasteiger charge is 2.21. The summed E-state index contributed by atoms with van der Waals surface area (Å²) >= 11 is 12.1. The van der Waals surface area contributed by atoms with Crippen LogP contribution in [0.2, 0.25) is 10.0 Å². The van der Waals surface area contributed by atoms with Gasteiger partial charge in [-0.1, -0.05) is 23.2 Å². The highest BCUT2D eigenvalue weighted by molar-refractivity contribution is 6.36. The molecule has 0 fully saturated rings. The molecule has 0 atom stereocenters. The second-order valence-electron chi connectivity index (χ2n) is 5.77. The zero-order valence-electron chi connectivity index (χ0n) is 14.3. The molecule has 28 heavy (non-hydrogen) atoms. The van der Waals surface area contributed by atoms with Gasteiger partial charge in [0.1, 0.15) is 5.76 Å². The Morgan fingerprint density at radius 2 is 2.07 bits per heavy atom. The molecule has 0 aliphatic heterocycles. The topological polar surface area (TPSA) is 85.8 Å². The van der Waals surface area contributed by atoms with Crippen LogP contribution in [-0.2, 0) is 6.54 Å². The Hall–Kier alpha value is -3.16. The third-order valence-electron chi connectivity index (χ3n) is 3.88. The van der Waals surface area contributed by atoms with E-state index < -0.39 is 5.91 Å². The van der Waals surface area contributed by atoms with Gasteiger partial charge in [-0.2, -0.15) is 9.67 Å². The maximum absolute atomic E-state index is 13.1. The summed E-state index contributed by atoms with van der Waals surface area (Å²) in [6.45, 7) is 0.333. The first-order chi connectivity index (χ1) is 13.6. The van der Waals surface area contributed by atoms with Crippen LogP contribution >= 0.6 is 23.2 Å². The van der Waals surface area contributed by atoms with E-state index in [2.05, 4.69) is 20.4 Å². The maximum atomic E-state index is 13.1. The zero-order chi connectivity index (χ0) is 19.5. The van der Waals surface area contributed by atoms with Gasteiger partial charge in [-0.05, 0) is 42.5 Å². The van der Waals surface area contributed by atoms with Gasteiger partial charge >= 0.3 is 0 Å². The number of halogens is 2. The summed E-state index contributed by atoms with van der Waals surface area (Å²) in [5, 5.41) is 8.09. The van der Waals surface area contributed by atoms with Gasteiger partial charge in [0.15, 0.2) is 5.82 Å². The quantitative estimate of drug-likeness (QED) is 0.516.